The molecule has 2 heterocycles. The van der Waals surface area contributed by atoms with Crippen LogP contribution in [-0.4, -0.2) is 72.6 Å². The zero-order valence-corrected chi connectivity index (χ0v) is 21.9. The van der Waals surface area contributed by atoms with Gasteiger partial charge in [0, 0.05) is 44.5 Å². The largest absolute Gasteiger partial charge is 0.379 e. The molecular formula is C22H43IN6O. The van der Waals surface area contributed by atoms with Crippen LogP contribution in [0, 0.1) is 19.8 Å². The molecule has 0 saturated carbocycles. The fourth-order valence-corrected chi connectivity index (χ4v) is 4.17. The van der Waals surface area contributed by atoms with Gasteiger partial charge >= 0.3 is 0 Å². The van der Waals surface area contributed by atoms with Crippen molar-refractivity contribution in [3.05, 3.63) is 17.5 Å². The smallest absolute Gasteiger partial charge is 0.191 e. The summed E-state index contributed by atoms with van der Waals surface area (Å²) in [6, 6.07) is 2.61. The van der Waals surface area contributed by atoms with E-state index < -0.39 is 0 Å². The molecule has 30 heavy (non-hydrogen) atoms. The number of rotatable bonds is 11. The quantitative estimate of drug-likeness (QED) is 0.198. The molecule has 1 atom stereocenters. The average molecular weight is 535 g/mol. The fraction of sp³-hybridized carbons (Fsp3) is 0.818. The predicted octanol–water partition coefficient (Wildman–Crippen LogP) is 3.20. The summed E-state index contributed by atoms with van der Waals surface area (Å²) in [5, 5.41) is 11.4. The highest BCUT2D eigenvalue weighted by Gasteiger charge is 2.26. The molecule has 1 saturated heterocycles. The van der Waals surface area contributed by atoms with Crippen molar-refractivity contribution in [3.8, 4) is 0 Å². The molecule has 1 aromatic rings. The second-order valence-corrected chi connectivity index (χ2v) is 7.94. The van der Waals surface area contributed by atoms with E-state index in [9.17, 15) is 0 Å². The third-order valence-corrected chi connectivity index (χ3v) is 5.83. The number of hydrogen-bond donors (Lipinski definition) is 2. The van der Waals surface area contributed by atoms with Crippen molar-refractivity contribution in [1.82, 2.24) is 25.3 Å². The van der Waals surface area contributed by atoms with E-state index in [1.54, 1.807) is 0 Å². The van der Waals surface area contributed by atoms with Crippen molar-refractivity contribution in [1.29, 1.82) is 0 Å². The number of nitrogens with one attached hydrogen (secondary N) is 2. The SMILES string of the molecule is CCNC(=NCC(C(CC)CC)N1CCOCC1)NCCCn1nc(C)cc1C.I. The van der Waals surface area contributed by atoms with Gasteiger partial charge in [0.05, 0.1) is 25.5 Å². The zero-order chi connectivity index (χ0) is 21.1. The van der Waals surface area contributed by atoms with Gasteiger partial charge in [-0.2, -0.15) is 5.10 Å². The van der Waals surface area contributed by atoms with Crippen molar-refractivity contribution in [2.75, 3.05) is 45.9 Å². The van der Waals surface area contributed by atoms with Crippen LogP contribution in [0.4, 0.5) is 0 Å². The lowest BCUT2D eigenvalue weighted by Crippen LogP contribution is -2.49. The van der Waals surface area contributed by atoms with Crippen LogP contribution >= 0.6 is 24.0 Å². The molecule has 0 radical (unpaired) electrons. The molecule has 0 aromatic carbocycles. The van der Waals surface area contributed by atoms with E-state index in [1.165, 1.54) is 18.5 Å². The summed E-state index contributed by atoms with van der Waals surface area (Å²) in [6.07, 6.45) is 3.41. The Morgan fingerprint density at radius 1 is 1.17 bits per heavy atom. The van der Waals surface area contributed by atoms with Crippen LogP contribution in [0.5, 0.6) is 0 Å². The minimum atomic E-state index is 0. The van der Waals surface area contributed by atoms with Gasteiger partial charge in [0.2, 0.25) is 0 Å². The number of nitrogens with zero attached hydrogens (tertiary/aromatic N) is 4. The van der Waals surface area contributed by atoms with E-state index in [-0.39, 0.29) is 24.0 Å². The first-order valence-corrected chi connectivity index (χ1v) is 11.4. The Bertz CT molecular complexity index is 611. The molecule has 0 spiro atoms. The lowest BCUT2D eigenvalue weighted by Gasteiger charge is -2.38. The van der Waals surface area contributed by atoms with Gasteiger partial charge in [-0.25, -0.2) is 0 Å². The molecule has 0 bridgehead atoms. The fourth-order valence-electron chi connectivity index (χ4n) is 4.17. The average Bonchev–Trinajstić information content (AvgIpc) is 3.05. The summed E-state index contributed by atoms with van der Waals surface area (Å²) in [4.78, 5) is 7.54. The number of ether oxygens (including phenoxy) is 1. The Balaban J connectivity index is 0.00000450. The molecule has 1 aromatic heterocycles. The molecule has 2 rings (SSSR count). The molecule has 2 N–H and O–H groups in total. The van der Waals surface area contributed by atoms with Gasteiger partial charge in [0.15, 0.2) is 5.96 Å². The number of guanidine groups is 1. The molecule has 8 heteroatoms. The maximum Gasteiger partial charge on any atom is 0.191 e. The predicted molar refractivity (Wildman–Crippen MR) is 136 cm³/mol. The van der Waals surface area contributed by atoms with Gasteiger partial charge < -0.3 is 15.4 Å². The van der Waals surface area contributed by atoms with E-state index in [0.29, 0.717) is 12.0 Å². The highest BCUT2D eigenvalue weighted by atomic mass is 127. The number of morpholine rings is 1. The normalized spacial score (nSPS) is 16.4. The van der Waals surface area contributed by atoms with Crippen molar-refractivity contribution >= 4 is 29.9 Å². The molecule has 0 aliphatic carbocycles. The molecule has 1 unspecified atom stereocenters. The monoisotopic (exact) mass is 534 g/mol. The van der Waals surface area contributed by atoms with Gasteiger partial charge in [-0.05, 0) is 39.2 Å². The number of halogens is 1. The third-order valence-electron chi connectivity index (χ3n) is 5.83. The van der Waals surface area contributed by atoms with E-state index in [4.69, 9.17) is 9.73 Å². The maximum atomic E-state index is 5.56. The van der Waals surface area contributed by atoms with E-state index in [1.807, 2.05) is 6.92 Å². The highest BCUT2D eigenvalue weighted by Crippen LogP contribution is 2.20. The Hall–Kier alpha value is -0.870. The molecule has 1 aliphatic heterocycles. The lowest BCUT2D eigenvalue weighted by atomic mass is 9.92. The van der Waals surface area contributed by atoms with Crippen LogP contribution in [0.2, 0.25) is 0 Å². The summed E-state index contributed by atoms with van der Waals surface area (Å²) >= 11 is 0. The molecule has 1 aliphatic rings. The summed E-state index contributed by atoms with van der Waals surface area (Å²) < 4.78 is 7.65. The first kappa shape index (κ1) is 27.2. The molecule has 174 valence electrons. The van der Waals surface area contributed by atoms with E-state index >= 15 is 0 Å². The molecule has 1 fully saturated rings. The number of hydrogen-bond acceptors (Lipinski definition) is 4. The second kappa shape index (κ2) is 15.0. The summed E-state index contributed by atoms with van der Waals surface area (Å²) in [6.45, 7) is 18.1. The van der Waals surface area contributed by atoms with Crippen molar-refractivity contribution in [3.63, 3.8) is 0 Å². The van der Waals surface area contributed by atoms with Crippen LogP contribution < -0.4 is 10.6 Å². The summed E-state index contributed by atoms with van der Waals surface area (Å²) in [5.41, 5.74) is 2.31. The maximum absolute atomic E-state index is 5.56. The molecule has 7 nitrogen and oxygen atoms in total. The Labute approximate surface area is 200 Å². The lowest BCUT2D eigenvalue weighted by molar-refractivity contribution is 0.00395. The summed E-state index contributed by atoms with van der Waals surface area (Å²) in [5.74, 6) is 1.59. The highest BCUT2D eigenvalue weighted by molar-refractivity contribution is 14.0. The third kappa shape index (κ3) is 8.70. The van der Waals surface area contributed by atoms with Crippen LogP contribution in [0.25, 0.3) is 0 Å². The first-order chi connectivity index (χ1) is 14.1. The minimum Gasteiger partial charge on any atom is -0.379 e. The topological polar surface area (TPSA) is 66.7 Å². The van der Waals surface area contributed by atoms with Crippen LogP contribution in [0.1, 0.15) is 51.4 Å². The van der Waals surface area contributed by atoms with Crippen LogP contribution in [-0.2, 0) is 11.3 Å². The molecular weight excluding hydrogens is 491 g/mol. The first-order valence-electron chi connectivity index (χ1n) is 11.4. The van der Waals surface area contributed by atoms with Gasteiger partial charge in [-0.15, -0.1) is 24.0 Å². The number of aliphatic imine (C=N–C) groups is 1. The zero-order valence-electron chi connectivity index (χ0n) is 19.6. The van der Waals surface area contributed by atoms with Crippen LogP contribution in [0.3, 0.4) is 0 Å². The van der Waals surface area contributed by atoms with Crippen molar-refractivity contribution in [2.24, 2.45) is 10.9 Å². The van der Waals surface area contributed by atoms with Crippen molar-refractivity contribution in [2.45, 2.75) is 66.5 Å². The summed E-state index contributed by atoms with van der Waals surface area (Å²) in [7, 11) is 0. The Morgan fingerprint density at radius 3 is 2.43 bits per heavy atom. The standard InChI is InChI=1S/C22H42N6O.HI/c1-6-20(7-2)21(27-12-14-29-15-13-27)17-25-22(23-8-3)24-10-9-11-28-19(5)16-18(4)26-28;/h16,20-21H,6-15,17H2,1-5H3,(H2,23,24,25);1H. The van der Waals surface area contributed by atoms with E-state index in [0.717, 1.165) is 70.6 Å². The van der Waals surface area contributed by atoms with Gasteiger partial charge in [-0.3, -0.25) is 14.6 Å². The van der Waals surface area contributed by atoms with Crippen molar-refractivity contribution < 1.29 is 4.74 Å². The minimum absolute atomic E-state index is 0. The number of aromatic nitrogens is 2. The van der Waals surface area contributed by atoms with Crippen LogP contribution in [0.15, 0.2) is 11.1 Å². The van der Waals surface area contributed by atoms with Gasteiger partial charge in [0.25, 0.3) is 0 Å². The van der Waals surface area contributed by atoms with Gasteiger partial charge in [0.1, 0.15) is 0 Å². The Morgan fingerprint density at radius 2 is 1.87 bits per heavy atom. The molecule has 0 amide bonds. The van der Waals surface area contributed by atoms with Gasteiger partial charge in [-0.1, -0.05) is 26.7 Å². The van der Waals surface area contributed by atoms with E-state index in [2.05, 4.69) is 59.1 Å². The second-order valence-electron chi connectivity index (χ2n) is 7.94. The Kier molecular flexibility index (Phi) is 13.6. The number of aryl methyl sites for hydroxylation is 3.